The summed E-state index contributed by atoms with van der Waals surface area (Å²) in [7, 11) is 1.88. The summed E-state index contributed by atoms with van der Waals surface area (Å²) in [6.45, 7) is 9.49. The van der Waals surface area contributed by atoms with Crippen LogP contribution in [-0.2, 0) is 6.54 Å². The minimum absolute atomic E-state index is 0.0571. The van der Waals surface area contributed by atoms with Crippen molar-refractivity contribution in [1.29, 1.82) is 0 Å². The van der Waals surface area contributed by atoms with E-state index >= 15 is 0 Å². The Bertz CT molecular complexity index is 398. The average Bonchev–Trinajstić information content (AvgIpc) is 2.79. The van der Waals surface area contributed by atoms with Crippen LogP contribution in [0.25, 0.3) is 0 Å². The van der Waals surface area contributed by atoms with Crippen LogP contribution in [0.5, 0.6) is 0 Å². The van der Waals surface area contributed by atoms with Gasteiger partial charge >= 0.3 is 0 Å². The molecule has 1 heterocycles. The average molecular weight is 252 g/mol. The fraction of sp³-hybridized carbons (Fsp3) is 0.692. The smallest absolute Gasteiger partial charge is 0.269 e. The van der Waals surface area contributed by atoms with Crippen LogP contribution in [0.1, 0.15) is 49.8 Å². The summed E-state index contributed by atoms with van der Waals surface area (Å²) in [4.78, 5) is 12.1. The largest absolute Gasteiger partial charge is 0.349 e. The number of nitrogens with zero attached hydrogens (tertiary/aromatic N) is 2. The van der Waals surface area contributed by atoms with E-state index in [-0.39, 0.29) is 11.9 Å². The number of carbonyl (C=O) groups is 1. The molecule has 0 fully saturated rings. The number of rotatable bonds is 6. The van der Waals surface area contributed by atoms with Crippen LogP contribution < -0.4 is 10.6 Å². The topological polar surface area (TPSA) is 59.0 Å². The number of aryl methyl sites for hydroxylation is 1. The minimum atomic E-state index is -0.0571. The van der Waals surface area contributed by atoms with Gasteiger partial charge in [0.15, 0.2) is 0 Å². The molecule has 102 valence electrons. The Morgan fingerprint density at radius 3 is 2.61 bits per heavy atom. The van der Waals surface area contributed by atoms with E-state index in [1.807, 2.05) is 27.0 Å². The Kier molecular flexibility index (Phi) is 5.34. The summed E-state index contributed by atoms with van der Waals surface area (Å²) in [6, 6.07) is 2.14. The summed E-state index contributed by atoms with van der Waals surface area (Å²) in [5.74, 6) is 0.277. The van der Waals surface area contributed by atoms with Gasteiger partial charge in [0.05, 0.1) is 5.69 Å². The SMILES string of the molecule is CCn1nc(C(C)C)cc1C(=O)NCC(C)NC. The molecule has 0 aliphatic carbocycles. The molecular formula is C13H24N4O. The summed E-state index contributed by atoms with van der Waals surface area (Å²) in [5.41, 5.74) is 1.60. The first-order valence-corrected chi connectivity index (χ1v) is 6.52. The van der Waals surface area contributed by atoms with Crippen LogP contribution in [-0.4, -0.2) is 35.3 Å². The fourth-order valence-electron chi connectivity index (χ4n) is 1.58. The predicted molar refractivity (Wildman–Crippen MR) is 72.8 cm³/mol. The Morgan fingerprint density at radius 2 is 2.11 bits per heavy atom. The minimum Gasteiger partial charge on any atom is -0.349 e. The molecule has 1 atom stereocenters. The van der Waals surface area contributed by atoms with E-state index in [9.17, 15) is 4.79 Å². The molecule has 1 rings (SSSR count). The van der Waals surface area contributed by atoms with Crippen molar-refractivity contribution in [2.24, 2.45) is 0 Å². The van der Waals surface area contributed by atoms with E-state index in [0.29, 0.717) is 24.7 Å². The number of hydrogen-bond donors (Lipinski definition) is 2. The Balaban J connectivity index is 2.78. The summed E-state index contributed by atoms with van der Waals surface area (Å²) >= 11 is 0. The molecule has 0 bridgehead atoms. The van der Waals surface area contributed by atoms with Gasteiger partial charge in [0.2, 0.25) is 0 Å². The third-order valence-electron chi connectivity index (χ3n) is 2.98. The molecule has 0 aromatic carbocycles. The molecule has 5 nitrogen and oxygen atoms in total. The molecule has 1 amide bonds. The van der Waals surface area contributed by atoms with Crippen molar-refractivity contribution >= 4 is 5.91 Å². The summed E-state index contributed by atoms with van der Waals surface area (Å²) in [5, 5.41) is 10.4. The molecule has 2 N–H and O–H groups in total. The quantitative estimate of drug-likeness (QED) is 0.804. The lowest BCUT2D eigenvalue weighted by molar-refractivity contribution is 0.0940. The van der Waals surface area contributed by atoms with Gasteiger partial charge in [-0.1, -0.05) is 13.8 Å². The van der Waals surface area contributed by atoms with Gasteiger partial charge in [-0.15, -0.1) is 0 Å². The van der Waals surface area contributed by atoms with Gasteiger partial charge in [-0.25, -0.2) is 0 Å². The van der Waals surface area contributed by atoms with Crippen LogP contribution in [0.4, 0.5) is 0 Å². The third kappa shape index (κ3) is 3.57. The first kappa shape index (κ1) is 14.7. The maximum absolute atomic E-state index is 12.1. The van der Waals surface area contributed by atoms with E-state index in [2.05, 4.69) is 29.6 Å². The highest BCUT2D eigenvalue weighted by atomic mass is 16.2. The number of likely N-dealkylation sites (N-methyl/N-ethyl adjacent to an activating group) is 1. The fourth-order valence-corrected chi connectivity index (χ4v) is 1.58. The highest BCUT2D eigenvalue weighted by molar-refractivity contribution is 5.92. The van der Waals surface area contributed by atoms with Crippen molar-refractivity contribution in [2.75, 3.05) is 13.6 Å². The highest BCUT2D eigenvalue weighted by Crippen LogP contribution is 2.14. The van der Waals surface area contributed by atoms with Crippen molar-refractivity contribution in [3.63, 3.8) is 0 Å². The van der Waals surface area contributed by atoms with Crippen LogP contribution >= 0.6 is 0 Å². The van der Waals surface area contributed by atoms with Gasteiger partial charge in [-0.2, -0.15) is 5.10 Å². The van der Waals surface area contributed by atoms with E-state index in [1.54, 1.807) is 4.68 Å². The van der Waals surface area contributed by atoms with Gasteiger partial charge in [0.25, 0.3) is 5.91 Å². The Labute approximate surface area is 109 Å². The second-order valence-electron chi connectivity index (χ2n) is 4.82. The van der Waals surface area contributed by atoms with Gasteiger partial charge in [0.1, 0.15) is 5.69 Å². The lowest BCUT2D eigenvalue weighted by atomic mass is 10.1. The zero-order valence-electron chi connectivity index (χ0n) is 11.9. The number of carbonyl (C=O) groups excluding carboxylic acids is 1. The van der Waals surface area contributed by atoms with E-state index in [1.165, 1.54) is 0 Å². The molecule has 0 saturated heterocycles. The molecule has 1 aromatic heterocycles. The molecule has 0 saturated carbocycles. The van der Waals surface area contributed by atoms with Gasteiger partial charge in [0, 0.05) is 19.1 Å². The van der Waals surface area contributed by atoms with Crippen molar-refractivity contribution in [3.05, 3.63) is 17.5 Å². The van der Waals surface area contributed by atoms with E-state index < -0.39 is 0 Å². The van der Waals surface area contributed by atoms with Crippen LogP contribution in [0.3, 0.4) is 0 Å². The second-order valence-corrected chi connectivity index (χ2v) is 4.82. The van der Waals surface area contributed by atoms with E-state index in [0.717, 1.165) is 5.69 Å². The first-order valence-electron chi connectivity index (χ1n) is 6.52. The highest BCUT2D eigenvalue weighted by Gasteiger charge is 2.16. The third-order valence-corrected chi connectivity index (χ3v) is 2.98. The van der Waals surface area contributed by atoms with Crippen LogP contribution in [0, 0.1) is 0 Å². The molecule has 0 spiro atoms. The Morgan fingerprint density at radius 1 is 1.44 bits per heavy atom. The molecule has 18 heavy (non-hydrogen) atoms. The van der Waals surface area contributed by atoms with Crippen LogP contribution in [0.2, 0.25) is 0 Å². The number of hydrogen-bond acceptors (Lipinski definition) is 3. The van der Waals surface area contributed by atoms with Crippen molar-refractivity contribution in [3.8, 4) is 0 Å². The second kappa shape index (κ2) is 6.54. The molecule has 0 radical (unpaired) electrons. The standard InChI is InChI=1S/C13H24N4O/c1-6-17-12(7-11(16-17)9(2)3)13(18)15-8-10(4)14-5/h7,9-10,14H,6,8H2,1-5H3,(H,15,18). The maximum Gasteiger partial charge on any atom is 0.269 e. The normalized spacial score (nSPS) is 12.8. The zero-order chi connectivity index (χ0) is 13.7. The van der Waals surface area contributed by atoms with Gasteiger partial charge < -0.3 is 10.6 Å². The number of amides is 1. The number of aromatic nitrogens is 2. The Hall–Kier alpha value is -1.36. The first-order chi connectivity index (χ1) is 8.49. The zero-order valence-corrected chi connectivity index (χ0v) is 11.9. The maximum atomic E-state index is 12.1. The van der Waals surface area contributed by atoms with Gasteiger partial charge in [-0.05, 0) is 32.9 Å². The molecule has 0 aliphatic rings. The van der Waals surface area contributed by atoms with Crippen molar-refractivity contribution < 1.29 is 4.79 Å². The molecule has 5 heteroatoms. The van der Waals surface area contributed by atoms with Gasteiger partial charge in [-0.3, -0.25) is 9.48 Å². The monoisotopic (exact) mass is 252 g/mol. The predicted octanol–water partition coefficient (Wildman–Crippen LogP) is 1.36. The lowest BCUT2D eigenvalue weighted by Crippen LogP contribution is -2.37. The van der Waals surface area contributed by atoms with E-state index in [4.69, 9.17) is 0 Å². The van der Waals surface area contributed by atoms with Crippen LogP contribution in [0.15, 0.2) is 6.07 Å². The molecule has 0 aliphatic heterocycles. The van der Waals surface area contributed by atoms with Crippen molar-refractivity contribution in [1.82, 2.24) is 20.4 Å². The molecule has 1 unspecified atom stereocenters. The number of nitrogens with one attached hydrogen (secondary N) is 2. The summed E-state index contributed by atoms with van der Waals surface area (Å²) in [6.07, 6.45) is 0. The molecular weight excluding hydrogens is 228 g/mol. The summed E-state index contributed by atoms with van der Waals surface area (Å²) < 4.78 is 1.76. The molecule has 1 aromatic rings. The lowest BCUT2D eigenvalue weighted by Gasteiger charge is -2.11. The van der Waals surface area contributed by atoms with Crippen molar-refractivity contribution in [2.45, 2.75) is 46.2 Å².